The summed E-state index contributed by atoms with van der Waals surface area (Å²) in [7, 11) is 0. The number of benzene rings is 1. The van der Waals surface area contributed by atoms with Crippen LogP contribution in [-0.4, -0.2) is 34.0 Å². The average molecular weight is 469 g/mol. The van der Waals surface area contributed by atoms with Gasteiger partial charge in [-0.2, -0.15) is 17.0 Å². The van der Waals surface area contributed by atoms with Crippen LogP contribution in [0.15, 0.2) is 59.2 Å². The molecule has 0 radical (unpaired) electrons. The number of carbonyl (C=O) groups is 1. The Morgan fingerprint density at radius 2 is 2.03 bits per heavy atom. The molecular formula is C23H20N2O3S3. The van der Waals surface area contributed by atoms with Crippen molar-refractivity contribution in [3.05, 3.63) is 65.0 Å². The van der Waals surface area contributed by atoms with Crippen molar-refractivity contribution < 1.29 is 13.9 Å². The summed E-state index contributed by atoms with van der Waals surface area (Å²) in [6, 6.07) is 13.1. The number of hydrogen-bond acceptors (Lipinski definition) is 8. The van der Waals surface area contributed by atoms with E-state index in [0.29, 0.717) is 33.9 Å². The smallest absolute Gasteiger partial charge is 0.214 e. The Kier molecular flexibility index (Phi) is 8.29. The molecule has 0 unspecified atom stereocenters. The minimum atomic E-state index is 0.0465. The van der Waals surface area contributed by atoms with Gasteiger partial charge in [0.1, 0.15) is 0 Å². The topological polar surface area (TPSA) is 76.1 Å². The number of pyridine rings is 1. The Bertz CT molecular complexity index is 1200. The lowest BCUT2D eigenvalue weighted by Crippen LogP contribution is -2.03. The van der Waals surface area contributed by atoms with Gasteiger partial charge in [-0.15, -0.1) is 0 Å². The highest BCUT2D eigenvalue weighted by molar-refractivity contribution is 8.14. The van der Waals surface area contributed by atoms with Crippen LogP contribution in [-0.2, 0) is 4.79 Å². The molecule has 0 spiro atoms. The molecule has 0 saturated carbocycles. The van der Waals surface area contributed by atoms with Crippen LogP contribution in [0.4, 0.5) is 0 Å². The molecule has 0 amide bonds. The van der Waals surface area contributed by atoms with E-state index in [1.165, 1.54) is 11.8 Å². The van der Waals surface area contributed by atoms with E-state index in [1.54, 1.807) is 37.0 Å². The number of rotatable bonds is 9. The molecule has 1 aromatic carbocycles. The molecule has 0 N–H and O–H groups in total. The first kappa shape index (κ1) is 23.1. The fraction of sp³-hybridized carbons (Fsp3) is 0.217. The van der Waals surface area contributed by atoms with Crippen LogP contribution in [0.2, 0.25) is 0 Å². The molecule has 3 rings (SSSR count). The van der Waals surface area contributed by atoms with Gasteiger partial charge in [0, 0.05) is 34.3 Å². The van der Waals surface area contributed by atoms with E-state index < -0.39 is 0 Å². The van der Waals surface area contributed by atoms with Crippen molar-refractivity contribution in [2.75, 3.05) is 23.9 Å². The number of nitriles is 1. The first-order valence-electron chi connectivity index (χ1n) is 9.45. The molecule has 0 bridgehead atoms. The maximum atomic E-state index is 11.5. The summed E-state index contributed by atoms with van der Waals surface area (Å²) in [6.45, 7) is 5.88. The molecule has 0 saturated heterocycles. The van der Waals surface area contributed by atoms with Gasteiger partial charge in [0.15, 0.2) is 10.3 Å². The Labute approximate surface area is 194 Å². The molecule has 3 aromatic rings. The highest BCUT2D eigenvalue weighted by Crippen LogP contribution is 2.28. The van der Waals surface area contributed by atoms with Gasteiger partial charge in [-0.25, -0.2) is 4.98 Å². The lowest BCUT2D eigenvalue weighted by molar-refractivity contribution is -0.107. The van der Waals surface area contributed by atoms with Crippen LogP contribution < -0.4 is 4.74 Å². The summed E-state index contributed by atoms with van der Waals surface area (Å²) in [5, 5.41) is 9.85. The Hall–Kier alpha value is -2.60. The third kappa shape index (κ3) is 6.44. The van der Waals surface area contributed by atoms with Crippen molar-refractivity contribution in [2.45, 2.75) is 6.92 Å². The molecule has 0 fully saturated rings. The molecule has 158 valence electrons. The predicted molar refractivity (Wildman–Crippen MR) is 130 cm³/mol. The summed E-state index contributed by atoms with van der Waals surface area (Å²) in [5.74, 6) is 2.94. The number of nitrogens with zero attached hydrogens (tertiary/aromatic N) is 2. The van der Waals surface area contributed by atoms with E-state index in [2.05, 4.69) is 17.6 Å². The molecule has 2 heterocycles. The number of aromatic nitrogens is 1. The second-order valence-electron chi connectivity index (χ2n) is 6.57. The maximum Gasteiger partial charge on any atom is 0.214 e. The molecule has 0 aliphatic rings. The summed E-state index contributed by atoms with van der Waals surface area (Å²) in [5.41, 5.74) is 3.42. The van der Waals surface area contributed by atoms with Crippen LogP contribution in [0, 0.1) is 16.0 Å². The van der Waals surface area contributed by atoms with E-state index in [0.717, 1.165) is 33.8 Å². The first-order valence-corrected chi connectivity index (χ1v) is 12.0. The van der Waals surface area contributed by atoms with Crippen molar-refractivity contribution in [2.24, 2.45) is 0 Å². The zero-order valence-corrected chi connectivity index (χ0v) is 19.4. The Morgan fingerprint density at radius 1 is 1.26 bits per heavy atom. The number of carbonyl (C=O) groups excluding carboxylic acids is 1. The highest BCUT2D eigenvalue weighted by atomic mass is 32.2. The van der Waals surface area contributed by atoms with Gasteiger partial charge in [-0.3, -0.25) is 4.79 Å². The van der Waals surface area contributed by atoms with Gasteiger partial charge in [0.2, 0.25) is 11.0 Å². The lowest BCUT2D eigenvalue weighted by Gasteiger charge is -2.08. The zero-order chi connectivity index (χ0) is 22.2. The summed E-state index contributed by atoms with van der Waals surface area (Å²) in [4.78, 5) is 15.8. The van der Waals surface area contributed by atoms with Crippen molar-refractivity contribution >= 4 is 51.8 Å². The van der Waals surface area contributed by atoms with E-state index in [1.807, 2.05) is 24.3 Å². The quantitative estimate of drug-likeness (QED) is 0.214. The molecule has 0 atom stereocenters. The van der Waals surface area contributed by atoms with E-state index in [9.17, 15) is 4.79 Å². The van der Waals surface area contributed by atoms with Gasteiger partial charge in [0.05, 0.1) is 24.4 Å². The van der Waals surface area contributed by atoms with Gasteiger partial charge < -0.3 is 9.15 Å². The Balaban J connectivity index is 1.59. The molecule has 8 heteroatoms. The fourth-order valence-electron chi connectivity index (χ4n) is 2.63. The van der Waals surface area contributed by atoms with Gasteiger partial charge >= 0.3 is 0 Å². The van der Waals surface area contributed by atoms with Crippen LogP contribution in [0.1, 0.15) is 12.5 Å². The first-order chi connectivity index (χ1) is 15.0. The lowest BCUT2D eigenvalue weighted by atomic mass is 10.1. The predicted octanol–water partition coefficient (Wildman–Crippen LogP) is 6.04. The average Bonchev–Trinajstić information content (AvgIpc) is 2.78. The number of thioether (sulfide) groups is 2. The Morgan fingerprint density at radius 3 is 2.74 bits per heavy atom. The van der Waals surface area contributed by atoms with Crippen molar-refractivity contribution in [3.8, 4) is 23.1 Å². The van der Waals surface area contributed by atoms with E-state index in [-0.39, 0.29) is 5.12 Å². The fourth-order valence-corrected chi connectivity index (χ4v) is 4.54. The van der Waals surface area contributed by atoms with E-state index >= 15 is 0 Å². The molecule has 31 heavy (non-hydrogen) atoms. The van der Waals surface area contributed by atoms with Crippen molar-refractivity contribution in [1.29, 1.82) is 5.26 Å². The summed E-state index contributed by atoms with van der Waals surface area (Å²) < 4.78 is 11.9. The molecule has 0 aliphatic heterocycles. The standard InChI is InChI=1S/C23H20N2O3S3/c1-15(2)22(26)31-10-9-30-8-7-27-21-12-18-11-19(23(29)28-20(18)14-25-21)17-5-3-16(13-24)4-6-17/h3-6,11-12,14H,1,7-10H2,2H3. The van der Waals surface area contributed by atoms with Gasteiger partial charge in [-0.05, 0) is 48.5 Å². The van der Waals surface area contributed by atoms with Crippen LogP contribution >= 0.6 is 35.7 Å². The second kappa shape index (κ2) is 11.1. The monoisotopic (exact) mass is 468 g/mol. The largest absolute Gasteiger partial charge is 0.477 e. The minimum absolute atomic E-state index is 0.0465. The number of hydrogen-bond donors (Lipinski definition) is 0. The molecule has 5 nitrogen and oxygen atoms in total. The van der Waals surface area contributed by atoms with Crippen molar-refractivity contribution in [3.63, 3.8) is 0 Å². The van der Waals surface area contributed by atoms with Crippen molar-refractivity contribution in [1.82, 2.24) is 4.98 Å². The minimum Gasteiger partial charge on any atom is -0.477 e. The van der Waals surface area contributed by atoms with Crippen LogP contribution in [0.25, 0.3) is 22.1 Å². The van der Waals surface area contributed by atoms with E-state index in [4.69, 9.17) is 26.6 Å². The molecular weight excluding hydrogens is 448 g/mol. The third-order valence-electron chi connectivity index (χ3n) is 4.21. The SMILES string of the molecule is C=C(C)C(=O)SCCSCCOc1cc2cc(-c3ccc(C#N)cc3)c(=S)oc2cn1. The number of fused-ring (bicyclic) bond motifs is 1. The maximum absolute atomic E-state index is 11.5. The number of ether oxygens (including phenoxy) is 1. The molecule has 2 aromatic heterocycles. The van der Waals surface area contributed by atoms with Crippen LogP contribution in [0.5, 0.6) is 5.88 Å². The van der Waals surface area contributed by atoms with Crippen LogP contribution in [0.3, 0.4) is 0 Å². The normalized spacial score (nSPS) is 10.6. The zero-order valence-electron chi connectivity index (χ0n) is 16.9. The summed E-state index contributed by atoms with van der Waals surface area (Å²) in [6.07, 6.45) is 1.61. The van der Waals surface area contributed by atoms with Gasteiger partial charge in [-0.1, -0.05) is 30.5 Å². The molecule has 0 aliphatic carbocycles. The van der Waals surface area contributed by atoms with Gasteiger partial charge in [0.25, 0.3) is 0 Å². The summed E-state index contributed by atoms with van der Waals surface area (Å²) >= 11 is 8.40. The highest BCUT2D eigenvalue weighted by Gasteiger charge is 2.08. The second-order valence-corrected chi connectivity index (χ2v) is 9.24. The third-order valence-corrected chi connectivity index (χ3v) is 6.74.